The fraction of sp³-hybridized carbons (Fsp3) is 0.588. The molecule has 4 unspecified atom stereocenters. The summed E-state index contributed by atoms with van der Waals surface area (Å²) in [5, 5.41) is 23.0. The molecule has 0 bridgehead atoms. The molecule has 0 amide bonds. The zero-order valence-corrected chi connectivity index (χ0v) is 27.2. The van der Waals surface area contributed by atoms with Crippen molar-refractivity contribution in [3.05, 3.63) is 60.2 Å². The maximum Gasteiger partial charge on any atom is 0.0651 e. The van der Waals surface area contributed by atoms with E-state index in [0.717, 1.165) is 44.1 Å². The first-order valence-corrected chi connectivity index (χ1v) is 15.3. The molecule has 211 valence electrons. The summed E-state index contributed by atoms with van der Waals surface area (Å²) in [7, 11) is 0. The Morgan fingerprint density at radius 2 is 1.58 bits per heavy atom. The number of fused-ring (bicyclic) bond motifs is 2. The molecule has 2 saturated carbocycles. The minimum absolute atomic E-state index is 0. The summed E-state index contributed by atoms with van der Waals surface area (Å²) in [5.74, 6) is 1.21. The predicted molar refractivity (Wildman–Crippen MR) is 158 cm³/mol. The minimum Gasteiger partial charge on any atom is -0.392 e. The van der Waals surface area contributed by atoms with Crippen molar-refractivity contribution in [3.63, 3.8) is 0 Å². The van der Waals surface area contributed by atoms with Gasteiger partial charge in [-0.3, -0.25) is 11.3 Å². The van der Waals surface area contributed by atoms with Gasteiger partial charge in [0.05, 0.1) is 12.2 Å². The van der Waals surface area contributed by atoms with Gasteiger partial charge in [0.1, 0.15) is 0 Å². The summed E-state index contributed by atoms with van der Waals surface area (Å²) >= 11 is 1.78. The van der Waals surface area contributed by atoms with Gasteiger partial charge in [0.2, 0.25) is 0 Å². The Kier molecular flexibility index (Phi) is 10.8. The summed E-state index contributed by atoms with van der Waals surface area (Å²) in [4.78, 5) is 1.18. The van der Waals surface area contributed by atoms with Crippen LogP contribution in [0, 0.1) is 34.8 Å². The molecule has 2 aliphatic carbocycles. The first-order chi connectivity index (χ1) is 17.7. The molecule has 2 aromatic carbocycles. The number of rotatable bonds is 6. The largest absolute Gasteiger partial charge is 0.392 e. The molecule has 2 aliphatic rings. The van der Waals surface area contributed by atoms with E-state index < -0.39 is 0 Å². The van der Waals surface area contributed by atoms with E-state index >= 15 is 0 Å². The minimum atomic E-state index is -0.309. The second-order valence-electron chi connectivity index (χ2n) is 11.9. The van der Waals surface area contributed by atoms with Gasteiger partial charge in [0, 0.05) is 26.0 Å². The summed E-state index contributed by atoms with van der Waals surface area (Å²) in [6.07, 6.45) is 6.98. The van der Waals surface area contributed by atoms with Gasteiger partial charge in [-0.2, -0.15) is 24.3 Å². The Bertz CT molecular complexity index is 1120. The molecule has 3 aromatic rings. The average Bonchev–Trinajstić information content (AvgIpc) is 3.49. The van der Waals surface area contributed by atoms with Crippen molar-refractivity contribution in [3.8, 4) is 10.4 Å². The van der Waals surface area contributed by atoms with E-state index in [1.54, 1.807) is 11.3 Å². The SMILES string of the molecule is CC(C)c1cc[c-]c(-c2[c-]c3ccccc3s2)c1.CCC1(CC)CCC2CC(CC)(CC)C(O)C2C1O.[Ir]. The summed E-state index contributed by atoms with van der Waals surface area (Å²) in [6, 6.07) is 21.6. The molecule has 38 heavy (non-hydrogen) atoms. The van der Waals surface area contributed by atoms with Crippen molar-refractivity contribution in [2.75, 3.05) is 0 Å². The van der Waals surface area contributed by atoms with Crippen LogP contribution in [0.25, 0.3) is 20.5 Å². The Morgan fingerprint density at radius 1 is 0.947 bits per heavy atom. The molecule has 2 N–H and O–H groups in total. The first-order valence-electron chi connectivity index (χ1n) is 14.5. The number of benzene rings is 2. The number of hydrogen-bond donors (Lipinski definition) is 2. The molecule has 1 radical (unpaired) electrons. The van der Waals surface area contributed by atoms with Crippen LogP contribution < -0.4 is 0 Å². The van der Waals surface area contributed by atoms with Crippen molar-refractivity contribution in [2.24, 2.45) is 22.7 Å². The Labute approximate surface area is 248 Å². The molecule has 0 aliphatic heterocycles. The Balaban J connectivity index is 0.000000205. The molecular formula is C34H46IrO2S-2. The molecule has 2 fully saturated rings. The van der Waals surface area contributed by atoms with Crippen LogP contribution in [0.2, 0.25) is 0 Å². The van der Waals surface area contributed by atoms with Crippen molar-refractivity contribution < 1.29 is 30.3 Å². The second-order valence-corrected chi connectivity index (χ2v) is 12.9. The second kappa shape index (κ2) is 13.1. The van der Waals surface area contributed by atoms with Gasteiger partial charge in [-0.15, -0.1) is 34.0 Å². The number of thiophene rings is 1. The Hall–Kier alpha value is -1.03. The molecule has 2 nitrogen and oxygen atoms in total. The van der Waals surface area contributed by atoms with Crippen LogP contribution in [0.1, 0.15) is 98.0 Å². The van der Waals surface area contributed by atoms with Gasteiger partial charge < -0.3 is 10.2 Å². The number of aliphatic hydroxyl groups is 2. The van der Waals surface area contributed by atoms with Gasteiger partial charge in [-0.25, -0.2) is 5.56 Å². The molecule has 4 heteroatoms. The van der Waals surface area contributed by atoms with E-state index in [-0.39, 0.29) is 49.1 Å². The standard InChI is InChI=1S/C17H32O2.C17H14S.Ir/c1-5-16(6-2)10-9-12-11-17(7-3,8-4)15(19)13(12)14(16)18;1-12(2)13-7-5-8-14(10-13)17-11-15-6-3-4-9-16(15)18-17;/h12-15,18-19H,5-11H2,1-4H3;3-7,9-10,12H,1-2H3;/q;-2;. The molecule has 4 atom stereocenters. The first kappa shape index (κ1) is 31.5. The van der Waals surface area contributed by atoms with Gasteiger partial charge >= 0.3 is 0 Å². The van der Waals surface area contributed by atoms with Crippen LogP contribution in [0.3, 0.4) is 0 Å². The predicted octanol–water partition coefficient (Wildman–Crippen LogP) is 9.04. The fourth-order valence-electron chi connectivity index (χ4n) is 7.19. The summed E-state index contributed by atoms with van der Waals surface area (Å²) < 4.78 is 1.29. The number of hydrogen-bond acceptors (Lipinski definition) is 3. The van der Waals surface area contributed by atoms with Gasteiger partial charge in [0.25, 0.3) is 0 Å². The number of aliphatic hydroxyl groups excluding tert-OH is 2. The van der Waals surface area contributed by atoms with Crippen molar-refractivity contribution >= 4 is 21.4 Å². The van der Waals surface area contributed by atoms with Crippen molar-refractivity contribution in [1.82, 2.24) is 0 Å². The molecule has 0 saturated heterocycles. The summed E-state index contributed by atoms with van der Waals surface area (Å²) in [6.45, 7) is 13.2. The molecule has 0 spiro atoms. The quantitative estimate of drug-likeness (QED) is 0.251. The average molecular weight is 711 g/mol. The topological polar surface area (TPSA) is 40.5 Å². The van der Waals surface area contributed by atoms with E-state index in [1.807, 2.05) is 6.07 Å². The van der Waals surface area contributed by atoms with Crippen LogP contribution in [-0.2, 0) is 20.1 Å². The van der Waals surface area contributed by atoms with Crippen LogP contribution in [0.5, 0.6) is 0 Å². The van der Waals surface area contributed by atoms with Gasteiger partial charge in [-0.1, -0.05) is 58.4 Å². The monoisotopic (exact) mass is 711 g/mol. The van der Waals surface area contributed by atoms with Crippen LogP contribution >= 0.6 is 11.3 Å². The van der Waals surface area contributed by atoms with Crippen LogP contribution in [0.15, 0.2) is 42.5 Å². The van der Waals surface area contributed by atoms with Crippen LogP contribution in [0.4, 0.5) is 0 Å². The molecule has 5 rings (SSSR count). The van der Waals surface area contributed by atoms with Crippen LogP contribution in [-0.4, -0.2) is 22.4 Å². The smallest absolute Gasteiger partial charge is 0.0651 e. The van der Waals surface area contributed by atoms with E-state index in [2.05, 4.69) is 90.1 Å². The van der Waals surface area contributed by atoms with E-state index in [1.165, 1.54) is 26.9 Å². The zero-order valence-electron chi connectivity index (χ0n) is 24.0. The van der Waals surface area contributed by atoms with E-state index in [9.17, 15) is 10.2 Å². The maximum absolute atomic E-state index is 10.9. The Morgan fingerprint density at radius 3 is 2.18 bits per heavy atom. The zero-order chi connectivity index (χ0) is 26.8. The van der Waals surface area contributed by atoms with Gasteiger partial charge in [0.15, 0.2) is 0 Å². The summed E-state index contributed by atoms with van der Waals surface area (Å²) in [5.41, 5.74) is 2.63. The normalized spacial score (nSPS) is 25.4. The van der Waals surface area contributed by atoms with Gasteiger partial charge in [-0.05, 0) is 67.6 Å². The maximum atomic E-state index is 10.9. The van der Waals surface area contributed by atoms with E-state index in [0.29, 0.717) is 11.8 Å². The van der Waals surface area contributed by atoms with Crippen molar-refractivity contribution in [2.45, 2.75) is 105 Å². The third-order valence-electron chi connectivity index (χ3n) is 10.1. The molecule has 1 aromatic heterocycles. The van der Waals surface area contributed by atoms with Crippen molar-refractivity contribution in [1.29, 1.82) is 0 Å². The fourth-order valence-corrected chi connectivity index (χ4v) is 8.18. The molecule has 1 heterocycles. The van der Waals surface area contributed by atoms with E-state index in [4.69, 9.17) is 0 Å². The third-order valence-corrected chi connectivity index (χ3v) is 11.2. The molecular weight excluding hydrogens is 665 g/mol. The third kappa shape index (κ3) is 5.86.